The lowest BCUT2D eigenvalue weighted by molar-refractivity contribution is 0.0983. The summed E-state index contributed by atoms with van der Waals surface area (Å²) < 4.78 is 0. The maximum Gasteiger partial charge on any atom is 0.163 e. The number of rotatable bonds is 4. The Morgan fingerprint density at radius 2 is 1.76 bits per heavy atom. The Bertz CT molecular complexity index is 505. The van der Waals surface area contributed by atoms with E-state index in [1.807, 2.05) is 54.6 Å². The molecular formula is C15H13ClO. The number of ketones is 1. The minimum absolute atomic E-state index is 0.172. The SMILES string of the molecule is O=C(CCc1cccc(Cl)c1)c1ccccc1. The fourth-order valence-electron chi connectivity index (χ4n) is 1.72. The van der Waals surface area contributed by atoms with Crippen molar-refractivity contribution in [3.05, 3.63) is 70.7 Å². The number of carbonyl (C=O) groups is 1. The van der Waals surface area contributed by atoms with Gasteiger partial charge in [-0.25, -0.2) is 0 Å². The van der Waals surface area contributed by atoms with E-state index >= 15 is 0 Å². The highest BCUT2D eigenvalue weighted by Crippen LogP contribution is 2.13. The van der Waals surface area contributed by atoms with Gasteiger partial charge in [-0.3, -0.25) is 4.79 Å². The molecule has 0 unspecified atom stereocenters. The highest BCUT2D eigenvalue weighted by molar-refractivity contribution is 6.30. The molecule has 0 heterocycles. The summed E-state index contributed by atoms with van der Waals surface area (Å²) in [6, 6.07) is 17.0. The normalized spacial score (nSPS) is 10.2. The Hall–Kier alpha value is -1.60. The van der Waals surface area contributed by atoms with E-state index in [-0.39, 0.29) is 5.78 Å². The third-order valence-electron chi connectivity index (χ3n) is 2.63. The van der Waals surface area contributed by atoms with Crippen LogP contribution in [0.5, 0.6) is 0 Å². The van der Waals surface area contributed by atoms with Gasteiger partial charge in [0.15, 0.2) is 5.78 Å². The number of benzene rings is 2. The van der Waals surface area contributed by atoms with Crippen LogP contribution in [0.4, 0.5) is 0 Å². The molecule has 2 rings (SSSR count). The van der Waals surface area contributed by atoms with Crippen LogP contribution in [0.2, 0.25) is 5.02 Å². The van der Waals surface area contributed by atoms with Crippen LogP contribution in [0.15, 0.2) is 54.6 Å². The van der Waals surface area contributed by atoms with Gasteiger partial charge in [0.1, 0.15) is 0 Å². The molecular weight excluding hydrogens is 232 g/mol. The van der Waals surface area contributed by atoms with Gasteiger partial charge in [0.2, 0.25) is 0 Å². The van der Waals surface area contributed by atoms with Crippen molar-refractivity contribution < 1.29 is 4.79 Å². The smallest absolute Gasteiger partial charge is 0.163 e. The lowest BCUT2D eigenvalue weighted by Crippen LogP contribution is -2.00. The van der Waals surface area contributed by atoms with Crippen LogP contribution >= 0.6 is 11.6 Å². The maximum absolute atomic E-state index is 11.9. The van der Waals surface area contributed by atoms with E-state index in [2.05, 4.69) is 0 Å². The summed E-state index contributed by atoms with van der Waals surface area (Å²) in [6.07, 6.45) is 1.25. The Morgan fingerprint density at radius 3 is 2.47 bits per heavy atom. The summed E-state index contributed by atoms with van der Waals surface area (Å²) in [6.45, 7) is 0. The van der Waals surface area contributed by atoms with Gasteiger partial charge in [0.05, 0.1) is 0 Å². The van der Waals surface area contributed by atoms with Crippen molar-refractivity contribution in [2.75, 3.05) is 0 Å². The van der Waals surface area contributed by atoms with Gasteiger partial charge >= 0.3 is 0 Å². The quantitative estimate of drug-likeness (QED) is 0.739. The van der Waals surface area contributed by atoms with Crippen LogP contribution in [-0.2, 0) is 6.42 Å². The van der Waals surface area contributed by atoms with E-state index in [0.29, 0.717) is 6.42 Å². The van der Waals surface area contributed by atoms with E-state index in [4.69, 9.17) is 11.6 Å². The van der Waals surface area contributed by atoms with Crippen molar-refractivity contribution in [1.29, 1.82) is 0 Å². The molecule has 2 aromatic rings. The van der Waals surface area contributed by atoms with Crippen molar-refractivity contribution >= 4 is 17.4 Å². The minimum Gasteiger partial charge on any atom is -0.294 e. The number of hydrogen-bond acceptors (Lipinski definition) is 1. The first-order valence-corrected chi connectivity index (χ1v) is 5.96. The molecule has 0 aliphatic rings. The highest BCUT2D eigenvalue weighted by atomic mass is 35.5. The lowest BCUT2D eigenvalue weighted by atomic mass is 10.0. The third-order valence-corrected chi connectivity index (χ3v) is 2.86. The topological polar surface area (TPSA) is 17.1 Å². The van der Waals surface area contributed by atoms with Gasteiger partial charge in [-0.15, -0.1) is 0 Å². The number of Topliss-reactive ketones (excluding diaryl/α,β-unsaturated/α-hetero) is 1. The van der Waals surface area contributed by atoms with Crippen molar-refractivity contribution in [1.82, 2.24) is 0 Å². The monoisotopic (exact) mass is 244 g/mol. The number of aryl methyl sites for hydroxylation is 1. The average molecular weight is 245 g/mol. The molecule has 2 aromatic carbocycles. The van der Waals surface area contributed by atoms with Gasteiger partial charge in [-0.05, 0) is 24.1 Å². The Kier molecular flexibility index (Phi) is 3.94. The molecule has 0 atom stereocenters. The Labute approximate surface area is 106 Å². The van der Waals surface area contributed by atoms with Crippen LogP contribution in [0.1, 0.15) is 22.3 Å². The molecule has 2 heteroatoms. The van der Waals surface area contributed by atoms with E-state index in [9.17, 15) is 4.79 Å². The summed E-state index contributed by atoms with van der Waals surface area (Å²) in [5.41, 5.74) is 1.87. The predicted molar refractivity (Wildman–Crippen MR) is 70.5 cm³/mol. The van der Waals surface area contributed by atoms with Gasteiger partial charge in [-0.2, -0.15) is 0 Å². The standard InChI is InChI=1S/C15H13ClO/c16-14-8-4-5-12(11-14)9-10-15(17)13-6-2-1-3-7-13/h1-8,11H,9-10H2. The van der Waals surface area contributed by atoms with Gasteiger partial charge in [0, 0.05) is 17.0 Å². The summed E-state index contributed by atoms with van der Waals surface area (Å²) >= 11 is 5.89. The van der Waals surface area contributed by atoms with E-state index in [0.717, 1.165) is 22.6 Å². The number of halogens is 1. The van der Waals surface area contributed by atoms with Gasteiger partial charge in [-0.1, -0.05) is 54.1 Å². The fourth-order valence-corrected chi connectivity index (χ4v) is 1.93. The molecule has 1 nitrogen and oxygen atoms in total. The van der Waals surface area contributed by atoms with Crippen LogP contribution < -0.4 is 0 Å². The molecule has 86 valence electrons. The summed E-state index contributed by atoms with van der Waals surface area (Å²) in [5.74, 6) is 0.172. The molecule has 0 N–H and O–H groups in total. The predicted octanol–water partition coefficient (Wildman–Crippen LogP) is 4.16. The first kappa shape index (κ1) is 11.9. The van der Waals surface area contributed by atoms with E-state index in [1.165, 1.54) is 0 Å². The molecule has 0 aliphatic heterocycles. The molecule has 17 heavy (non-hydrogen) atoms. The van der Waals surface area contributed by atoms with Crippen LogP contribution in [0.3, 0.4) is 0 Å². The minimum atomic E-state index is 0.172. The number of carbonyl (C=O) groups excluding carboxylic acids is 1. The summed E-state index contributed by atoms with van der Waals surface area (Å²) in [5, 5.41) is 0.717. The zero-order valence-corrected chi connectivity index (χ0v) is 10.2. The number of hydrogen-bond donors (Lipinski definition) is 0. The van der Waals surface area contributed by atoms with Crippen LogP contribution in [0, 0.1) is 0 Å². The summed E-state index contributed by atoms with van der Waals surface area (Å²) in [4.78, 5) is 11.9. The van der Waals surface area contributed by atoms with Gasteiger partial charge < -0.3 is 0 Å². The second-order valence-electron chi connectivity index (χ2n) is 3.92. The molecule has 0 amide bonds. The highest BCUT2D eigenvalue weighted by Gasteiger charge is 2.05. The molecule has 0 saturated carbocycles. The van der Waals surface area contributed by atoms with Crippen molar-refractivity contribution in [2.24, 2.45) is 0 Å². The zero-order chi connectivity index (χ0) is 12.1. The first-order chi connectivity index (χ1) is 8.25. The zero-order valence-electron chi connectivity index (χ0n) is 9.40. The van der Waals surface area contributed by atoms with Crippen LogP contribution in [0.25, 0.3) is 0 Å². The molecule has 0 aromatic heterocycles. The van der Waals surface area contributed by atoms with E-state index in [1.54, 1.807) is 0 Å². The fraction of sp³-hybridized carbons (Fsp3) is 0.133. The average Bonchev–Trinajstić information content (AvgIpc) is 2.37. The molecule has 0 aliphatic carbocycles. The van der Waals surface area contributed by atoms with Gasteiger partial charge in [0.25, 0.3) is 0 Å². The van der Waals surface area contributed by atoms with Crippen molar-refractivity contribution in [2.45, 2.75) is 12.8 Å². The second-order valence-corrected chi connectivity index (χ2v) is 4.36. The molecule has 0 spiro atoms. The maximum atomic E-state index is 11.9. The largest absolute Gasteiger partial charge is 0.294 e. The molecule has 0 fully saturated rings. The van der Waals surface area contributed by atoms with E-state index < -0.39 is 0 Å². The van der Waals surface area contributed by atoms with Crippen molar-refractivity contribution in [3.8, 4) is 0 Å². The molecule has 0 radical (unpaired) electrons. The molecule has 0 saturated heterocycles. The molecule has 0 bridgehead atoms. The second kappa shape index (κ2) is 5.65. The third kappa shape index (κ3) is 3.43. The van der Waals surface area contributed by atoms with Crippen LogP contribution in [-0.4, -0.2) is 5.78 Å². The summed E-state index contributed by atoms with van der Waals surface area (Å²) in [7, 11) is 0. The first-order valence-electron chi connectivity index (χ1n) is 5.58. The lowest BCUT2D eigenvalue weighted by Gasteiger charge is -2.02. The Balaban J connectivity index is 1.97. The Morgan fingerprint density at radius 1 is 1.00 bits per heavy atom. The van der Waals surface area contributed by atoms with Crippen molar-refractivity contribution in [3.63, 3.8) is 0 Å².